The minimum atomic E-state index is 0.129. The Hall–Kier alpha value is -2.18. The predicted molar refractivity (Wildman–Crippen MR) is 83.8 cm³/mol. The molecule has 1 unspecified atom stereocenters. The smallest absolute Gasteiger partial charge is 0.0992 e. The fraction of sp³-hybridized carbons (Fsp3) is 0.188. The summed E-state index contributed by atoms with van der Waals surface area (Å²) in [5.74, 6) is 0. The molecule has 2 aromatic carbocycles. The summed E-state index contributed by atoms with van der Waals surface area (Å²) >= 11 is 6.25. The van der Waals surface area contributed by atoms with Crippen molar-refractivity contribution in [2.75, 3.05) is 17.7 Å². The van der Waals surface area contributed by atoms with Crippen LogP contribution < -0.4 is 10.6 Å². The van der Waals surface area contributed by atoms with Crippen molar-refractivity contribution in [3.8, 4) is 6.07 Å². The van der Waals surface area contributed by atoms with Gasteiger partial charge in [0.2, 0.25) is 0 Å². The van der Waals surface area contributed by atoms with Gasteiger partial charge in [-0.25, -0.2) is 0 Å². The van der Waals surface area contributed by atoms with Crippen LogP contribution in [-0.4, -0.2) is 7.05 Å². The maximum Gasteiger partial charge on any atom is 0.0992 e. The van der Waals surface area contributed by atoms with Gasteiger partial charge in [0.25, 0.3) is 0 Å². The molecule has 0 spiro atoms. The Morgan fingerprint density at radius 2 is 2.00 bits per heavy atom. The third-order valence-corrected chi connectivity index (χ3v) is 3.73. The van der Waals surface area contributed by atoms with Crippen LogP contribution in [0.3, 0.4) is 0 Å². The van der Waals surface area contributed by atoms with Gasteiger partial charge >= 0.3 is 0 Å². The number of benzene rings is 2. The van der Waals surface area contributed by atoms with Crippen LogP contribution in [0.25, 0.3) is 0 Å². The van der Waals surface area contributed by atoms with Gasteiger partial charge in [0.15, 0.2) is 0 Å². The van der Waals surface area contributed by atoms with Gasteiger partial charge in [0.1, 0.15) is 0 Å². The second-order valence-electron chi connectivity index (χ2n) is 4.73. The summed E-state index contributed by atoms with van der Waals surface area (Å²) < 4.78 is 0. The first-order chi connectivity index (χ1) is 9.52. The molecule has 0 fully saturated rings. The van der Waals surface area contributed by atoms with E-state index in [2.05, 4.69) is 17.9 Å². The van der Waals surface area contributed by atoms with Crippen LogP contribution in [-0.2, 0) is 0 Å². The molecule has 1 atom stereocenters. The SMILES string of the molecule is CC(c1cccc(N)c1)N(C)c1ccc(C#N)cc1Cl. The van der Waals surface area contributed by atoms with Crippen molar-refractivity contribution < 1.29 is 0 Å². The van der Waals surface area contributed by atoms with E-state index in [1.807, 2.05) is 37.4 Å². The molecule has 0 amide bonds. The molecule has 0 aliphatic carbocycles. The average molecular weight is 286 g/mol. The molecule has 102 valence electrons. The van der Waals surface area contributed by atoms with Crippen LogP contribution in [0.2, 0.25) is 5.02 Å². The molecule has 3 nitrogen and oxygen atoms in total. The van der Waals surface area contributed by atoms with E-state index in [1.165, 1.54) is 0 Å². The summed E-state index contributed by atoms with van der Waals surface area (Å²) in [7, 11) is 1.97. The molecule has 0 aliphatic heterocycles. The van der Waals surface area contributed by atoms with E-state index in [0.29, 0.717) is 10.6 Å². The van der Waals surface area contributed by atoms with Crippen molar-refractivity contribution in [2.24, 2.45) is 0 Å². The summed E-state index contributed by atoms with van der Waals surface area (Å²) in [5.41, 5.74) is 9.13. The number of nitrogens with two attached hydrogens (primary N) is 1. The van der Waals surface area contributed by atoms with Crippen LogP contribution in [0.5, 0.6) is 0 Å². The van der Waals surface area contributed by atoms with Gasteiger partial charge in [-0.1, -0.05) is 23.7 Å². The Morgan fingerprint density at radius 3 is 2.60 bits per heavy atom. The highest BCUT2D eigenvalue weighted by atomic mass is 35.5. The van der Waals surface area contributed by atoms with Crippen molar-refractivity contribution in [1.82, 2.24) is 0 Å². The number of nitriles is 1. The summed E-state index contributed by atoms with van der Waals surface area (Å²) in [6.07, 6.45) is 0. The van der Waals surface area contributed by atoms with Gasteiger partial charge in [0, 0.05) is 12.7 Å². The maximum absolute atomic E-state index is 8.87. The van der Waals surface area contributed by atoms with Gasteiger partial charge in [-0.05, 0) is 42.8 Å². The van der Waals surface area contributed by atoms with Gasteiger partial charge in [-0.3, -0.25) is 0 Å². The Balaban J connectivity index is 2.31. The first-order valence-corrected chi connectivity index (χ1v) is 6.68. The zero-order valence-corrected chi connectivity index (χ0v) is 12.2. The lowest BCUT2D eigenvalue weighted by atomic mass is 10.1. The van der Waals surface area contributed by atoms with Gasteiger partial charge in [-0.2, -0.15) is 5.26 Å². The van der Waals surface area contributed by atoms with Crippen molar-refractivity contribution in [3.63, 3.8) is 0 Å². The number of rotatable bonds is 3. The summed E-state index contributed by atoms with van der Waals surface area (Å²) in [6, 6.07) is 15.3. The summed E-state index contributed by atoms with van der Waals surface area (Å²) in [4.78, 5) is 2.07. The average Bonchev–Trinajstić information content (AvgIpc) is 2.45. The molecule has 20 heavy (non-hydrogen) atoms. The fourth-order valence-electron chi connectivity index (χ4n) is 2.11. The normalized spacial score (nSPS) is 11.7. The highest BCUT2D eigenvalue weighted by Gasteiger charge is 2.15. The quantitative estimate of drug-likeness (QED) is 0.868. The minimum absolute atomic E-state index is 0.129. The lowest BCUT2D eigenvalue weighted by molar-refractivity contribution is 0.740. The van der Waals surface area contributed by atoms with Crippen LogP contribution >= 0.6 is 11.6 Å². The third kappa shape index (κ3) is 2.87. The number of halogens is 1. The predicted octanol–water partition coefficient (Wildman–Crippen LogP) is 3.99. The number of nitrogen functional groups attached to an aromatic ring is 1. The summed E-state index contributed by atoms with van der Waals surface area (Å²) in [6.45, 7) is 2.09. The molecule has 0 bridgehead atoms. The van der Waals surface area contributed by atoms with Gasteiger partial charge < -0.3 is 10.6 Å². The molecule has 2 N–H and O–H groups in total. The zero-order valence-electron chi connectivity index (χ0n) is 11.5. The lowest BCUT2D eigenvalue weighted by Gasteiger charge is -2.28. The Kier molecular flexibility index (Phi) is 4.16. The van der Waals surface area contributed by atoms with E-state index in [-0.39, 0.29) is 6.04 Å². The van der Waals surface area contributed by atoms with E-state index in [9.17, 15) is 0 Å². The molecule has 4 heteroatoms. The molecule has 0 saturated heterocycles. The molecule has 0 radical (unpaired) electrons. The first kappa shape index (κ1) is 14.2. The largest absolute Gasteiger partial charge is 0.399 e. The Labute approximate surface area is 124 Å². The molecule has 0 saturated carbocycles. The number of anilines is 2. The van der Waals surface area contributed by atoms with E-state index in [4.69, 9.17) is 22.6 Å². The minimum Gasteiger partial charge on any atom is -0.399 e. The van der Waals surface area contributed by atoms with Crippen LogP contribution in [0.15, 0.2) is 42.5 Å². The second-order valence-corrected chi connectivity index (χ2v) is 5.14. The van der Waals surface area contributed by atoms with E-state index < -0.39 is 0 Å². The van der Waals surface area contributed by atoms with E-state index >= 15 is 0 Å². The van der Waals surface area contributed by atoms with Crippen molar-refractivity contribution in [3.05, 3.63) is 58.6 Å². The molecule has 2 aromatic rings. The van der Waals surface area contributed by atoms with Crippen molar-refractivity contribution in [2.45, 2.75) is 13.0 Å². The van der Waals surface area contributed by atoms with E-state index in [0.717, 1.165) is 16.9 Å². The third-order valence-electron chi connectivity index (χ3n) is 3.43. The molecular formula is C16H16ClN3. The second kappa shape index (κ2) is 5.85. The number of hydrogen-bond donors (Lipinski definition) is 1. The molecular weight excluding hydrogens is 270 g/mol. The standard InChI is InChI=1S/C16H16ClN3/c1-11(13-4-3-5-14(19)9-13)20(2)16-7-6-12(10-18)8-15(16)17/h3-9,11H,19H2,1-2H3. The van der Waals surface area contributed by atoms with Gasteiger partial charge in [-0.15, -0.1) is 0 Å². The fourth-order valence-corrected chi connectivity index (χ4v) is 2.43. The summed E-state index contributed by atoms with van der Waals surface area (Å²) in [5, 5.41) is 9.44. The van der Waals surface area contributed by atoms with Crippen molar-refractivity contribution >= 4 is 23.0 Å². The topological polar surface area (TPSA) is 53.0 Å². The lowest BCUT2D eigenvalue weighted by Crippen LogP contribution is -2.22. The highest BCUT2D eigenvalue weighted by Crippen LogP contribution is 2.32. The molecule has 0 heterocycles. The first-order valence-electron chi connectivity index (χ1n) is 6.31. The van der Waals surface area contributed by atoms with Crippen LogP contribution in [0.1, 0.15) is 24.1 Å². The molecule has 0 aromatic heterocycles. The Bertz CT molecular complexity index is 661. The zero-order chi connectivity index (χ0) is 14.7. The van der Waals surface area contributed by atoms with Gasteiger partial charge in [0.05, 0.1) is 28.4 Å². The molecule has 0 aliphatic rings. The number of hydrogen-bond acceptors (Lipinski definition) is 3. The number of nitrogens with zero attached hydrogens (tertiary/aromatic N) is 2. The van der Waals surface area contributed by atoms with Crippen molar-refractivity contribution in [1.29, 1.82) is 5.26 Å². The van der Waals surface area contributed by atoms with Crippen LogP contribution in [0.4, 0.5) is 11.4 Å². The monoisotopic (exact) mass is 285 g/mol. The molecule has 2 rings (SSSR count). The Morgan fingerprint density at radius 1 is 1.25 bits per heavy atom. The van der Waals surface area contributed by atoms with E-state index in [1.54, 1.807) is 12.1 Å². The van der Waals surface area contributed by atoms with Crippen LogP contribution in [0, 0.1) is 11.3 Å². The maximum atomic E-state index is 8.87. The highest BCUT2D eigenvalue weighted by molar-refractivity contribution is 6.33.